The van der Waals surface area contributed by atoms with Gasteiger partial charge in [-0.25, -0.2) is 0 Å². The zero-order chi connectivity index (χ0) is 14.9. The standard InChI is InChI=1S/C16H20INO3/c1-20-15(19)16-7-2-8-18(16)10-14(9-16)21-11-12-3-5-13(17)6-4-12/h3-6,14H,2,7-11H2,1H3/t14-,16-/m1/s1. The lowest BCUT2D eigenvalue weighted by Crippen LogP contribution is -2.46. The molecular formula is C16H20INO3. The van der Waals surface area contributed by atoms with Crippen LogP contribution in [0.1, 0.15) is 24.8 Å². The molecule has 1 aromatic rings. The van der Waals surface area contributed by atoms with E-state index in [4.69, 9.17) is 9.47 Å². The number of nitrogens with zero attached hydrogens (tertiary/aromatic N) is 1. The molecule has 114 valence electrons. The van der Waals surface area contributed by atoms with Crippen LogP contribution in [0.4, 0.5) is 0 Å². The Morgan fingerprint density at radius 3 is 2.90 bits per heavy atom. The van der Waals surface area contributed by atoms with E-state index in [1.54, 1.807) is 0 Å². The fourth-order valence-electron chi connectivity index (χ4n) is 3.53. The molecule has 0 amide bonds. The third-order valence-corrected chi connectivity index (χ3v) is 5.30. The summed E-state index contributed by atoms with van der Waals surface area (Å²) in [6.45, 7) is 2.41. The topological polar surface area (TPSA) is 38.8 Å². The molecule has 2 heterocycles. The van der Waals surface area contributed by atoms with Gasteiger partial charge in [-0.1, -0.05) is 12.1 Å². The number of hydrogen-bond acceptors (Lipinski definition) is 4. The molecule has 4 nitrogen and oxygen atoms in total. The fourth-order valence-corrected chi connectivity index (χ4v) is 3.89. The average Bonchev–Trinajstić information content (AvgIpc) is 3.03. The van der Waals surface area contributed by atoms with Crippen molar-refractivity contribution in [2.45, 2.75) is 37.5 Å². The zero-order valence-electron chi connectivity index (χ0n) is 12.2. The number of carbonyl (C=O) groups excluding carboxylic acids is 1. The Balaban J connectivity index is 1.61. The Kier molecular flexibility index (Phi) is 4.51. The van der Waals surface area contributed by atoms with Crippen molar-refractivity contribution in [3.63, 3.8) is 0 Å². The molecule has 3 rings (SSSR count). The van der Waals surface area contributed by atoms with Crippen molar-refractivity contribution >= 4 is 28.6 Å². The number of rotatable bonds is 4. The summed E-state index contributed by atoms with van der Waals surface area (Å²) in [4.78, 5) is 14.4. The van der Waals surface area contributed by atoms with Crippen molar-refractivity contribution in [3.8, 4) is 0 Å². The van der Waals surface area contributed by atoms with Crippen molar-refractivity contribution < 1.29 is 14.3 Å². The lowest BCUT2D eigenvalue weighted by molar-refractivity contribution is -0.152. The van der Waals surface area contributed by atoms with Gasteiger partial charge in [-0.3, -0.25) is 9.69 Å². The van der Waals surface area contributed by atoms with Gasteiger partial charge < -0.3 is 9.47 Å². The van der Waals surface area contributed by atoms with Gasteiger partial charge in [-0.2, -0.15) is 0 Å². The normalized spacial score (nSPS) is 28.6. The number of benzene rings is 1. The van der Waals surface area contributed by atoms with Crippen LogP contribution in [0.25, 0.3) is 0 Å². The molecule has 0 aromatic heterocycles. The number of hydrogen-bond donors (Lipinski definition) is 0. The minimum atomic E-state index is -0.425. The maximum atomic E-state index is 12.2. The second-order valence-electron chi connectivity index (χ2n) is 5.84. The predicted molar refractivity (Wildman–Crippen MR) is 87.9 cm³/mol. The third-order valence-electron chi connectivity index (χ3n) is 4.58. The largest absolute Gasteiger partial charge is 0.468 e. The van der Waals surface area contributed by atoms with E-state index in [1.165, 1.54) is 16.2 Å². The van der Waals surface area contributed by atoms with Gasteiger partial charge in [0.2, 0.25) is 0 Å². The van der Waals surface area contributed by atoms with Crippen LogP contribution in [-0.2, 0) is 20.9 Å². The first-order chi connectivity index (χ1) is 10.1. The Bertz CT molecular complexity index is 519. The van der Waals surface area contributed by atoms with Crippen LogP contribution in [0.5, 0.6) is 0 Å². The molecule has 0 saturated carbocycles. The highest BCUT2D eigenvalue weighted by Crippen LogP contribution is 2.41. The number of methoxy groups -OCH3 is 1. The minimum Gasteiger partial charge on any atom is -0.468 e. The van der Waals surface area contributed by atoms with E-state index in [0.717, 1.165) is 32.4 Å². The van der Waals surface area contributed by atoms with E-state index in [1.807, 2.05) is 0 Å². The summed E-state index contributed by atoms with van der Waals surface area (Å²) in [6, 6.07) is 8.35. The summed E-state index contributed by atoms with van der Waals surface area (Å²) in [5.41, 5.74) is 0.750. The first-order valence-corrected chi connectivity index (χ1v) is 8.41. The van der Waals surface area contributed by atoms with E-state index < -0.39 is 5.54 Å². The molecule has 5 heteroatoms. The number of esters is 1. The maximum absolute atomic E-state index is 12.2. The molecule has 0 aliphatic carbocycles. The predicted octanol–water partition coefficient (Wildman–Crippen LogP) is 2.59. The lowest BCUT2D eigenvalue weighted by Gasteiger charge is -2.27. The first-order valence-electron chi connectivity index (χ1n) is 7.33. The highest BCUT2D eigenvalue weighted by molar-refractivity contribution is 14.1. The van der Waals surface area contributed by atoms with E-state index in [-0.39, 0.29) is 12.1 Å². The molecule has 0 spiro atoms. The number of halogens is 1. The summed E-state index contributed by atoms with van der Waals surface area (Å²) >= 11 is 2.30. The van der Waals surface area contributed by atoms with E-state index >= 15 is 0 Å². The van der Waals surface area contributed by atoms with Crippen LogP contribution in [0.2, 0.25) is 0 Å². The van der Waals surface area contributed by atoms with Gasteiger partial charge in [0.15, 0.2) is 0 Å². The Morgan fingerprint density at radius 2 is 2.19 bits per heavy atom. The van der Waals surface area contributed by atoms with E-state index in [0.29, 0.717) is 6.61 Å². The highest BCUT2D eigenvalue weighted by Gasteiger charge is 2.54. The van der Waals surface area contributed by atoms with Crippen LogP contribution in [0.15, 0.2) is 24.3 Å². The molecule has 2 atom stereocenters. The molecule has 2 saturated heterocycles. The van der Waals surface area contributed by atoms with E-state index in [2.05, 4.69) is 51.8 Å². The van der Waals surface area contributed by atoms with Crippen molar-refractivity contribution in [1.82, 2.24) is 4.90 Å². The van der Waals surface area contributed by atoms with Crippen LogP contribution in [0.3, 0.4) is 0 Å². The smallest absolute Gasteiger partial charge is 0.326 e. The summed E-state index contributed by atoms with van der Waals surface area (Å²) < 4.78 is 12.3. The Labute approximate surface area is 138 Å². The van der Waals surface area contributed by atoms with Crippen LogP contribution < -0.4 is 0 Å². The molecule has 0 unspecified atom stereocenters. The molecule has 21 heavy (non-hydrogen) atoms. The quantitative estimate of drug-likeness (QED) is 0.575. The molecule has 2 aliphatic heterocycles. The summed E-state index contributed by atoms with van der Waals surface area (Å²) in [5.74, 6) is -0.0969. The highest BCUT2D eigenvalue weighted by atomic mass is 127. The Morgan fingerprint density at radius 1 is 1.43 bits per heavy atom. The van der Waals surface area contributed by atoms with Crippen molar-refractivity contribution in [1.29, 1.82) is 0 Å². The molecule has 0 radical (unpaired) electrons. The van der Waals surface area contributed by atoms with Gasteiger partial charge in [0.05, 0.1) is 19.8 Å². The molecular weight excluding hydrogens is 381 g/mol. The van der Waals surface area contributed by atoms with Crippen LogP contribution >= 0.6 is 22.6 Å². The first kappa shape index (κ1) is 15.2. The van der Waals surface area contributed by atoms with Gasteiger partial charge >= 0.3 is 5.97 Å². The van der Waals surface area contributed by atoms with Gasteiger partial charge in [0.25, 0.3) is 0 Å². The summed E-state index contributed by atoms with van der Waals surface area (Å²) in [5, 5.41) is 0. The lowest BCUT2D eigenvalue weighted by atomic mass is 9.93. The third kappa shape index (κ3) is 2.96. The molecule has 0 bridgehead atoms. The van der Waals surface area contributed by atoms with Gasteiger partial charge in [-0.05, 0) is 59.7 Å². The molecule has 2 fully saturated rings. The van der Waals surface area contributed by atoms with Crippen molar-refractivity contribution in [2.24, 2.45) is 0 Å². The van der Waals surface area contributed by atoms with Gasteiger partial charge in [0, 0.05) is 16.5 Å². The fraction of sp³-hybridized carbons (Fsp3) is 0.562. The van der Waals surface area contributed by atoms with Crippen LogP contribution in [-0.4, -0.2) is 42.7 Å². The van der Waals surface area contributed by atoms with E-state index in [9.17, 15) is 4.79 Å². The SMILES string of the molecule is COC(=O)[C@]12CCCN1C[C@H](OCc1ccc(I)cc1)C2. The molecule has 2 aliphatic rings. The number of carbonyl (C=O) groups is 1. The second kappa shape index (κ2) is 6.22. The number of fused-ring (bicyclic) bond motifs is 1. The monoisotopic (exact) mass is 401 g/mol. The molecule has 0 N–H and O–H groups in total. The van der Waals surface area contributed by atoms with Gasteiger partial charge in [0.1, 0.15) is 5.54 Å². The zero-order valence-corrected chi connectivity index (χ0v) is 14.3. The second-order valence-corrected chi connectivity index (χ2v) is 7.08. The number of ether oxygens (including phenoxy) is 2. The van der Waals surface area contributed by atoms with Crippen molar-refractivity contribution in [2.75, 3.05) is 20.2 Å². The minimum absolute atomic E-state index is 0.0969. The van der Waals surface area contributed by atoms with Crippen LogP contribution in [0, 0.1) is 3.57 Å². The maximum Gasteiger partial charge on any atom is 0.326 e. The Hall–Kier alpha value is -0.660. The average molecular weight is 401 g/mol. The van der Waals surface area contributed by atoms with Gasteiger partial charge in [-0.15, -0.1) is 0 Å². The molecule has 1 aromatic carbocycles. The summed E-state index contributed by atoms with van der Waals surface area (Å²) in [6.07, 6.45) is 2.83. The summed E-state index contributed by atoms with van der Waals surface area (Å²) in [7, 11) is 1.48. The van der Waals surface area contributed by atoms with Crippen molar-refractivity contribution in [3.05, 3.63) is 33.4 Å².